The molecule has 0 fully saturated rings. The van der Waals surface area contributed by atoms with Crippen molar-refractivity contribution in [2.45, 2.75) is 20.3 Å². The molecule has 85 valence electrons. The van der Waals surface area contributed by atoms with Crippen LogP contribution in [0.3, 0.4) is 0 Å². The van der Waals surface area contributed by atoms with Crippen LogP contribution in [0.15, 0.2) is 30.3 Å². The van der Waals surface area contributed by atoms with Crippen molar-refractivity contribution >= 4 is 6.08 Å². The first-order chi connectivity index (χ1) is 7.69. The summed E-state index contributed by atoms with van der Waals surface area (Å²) < 4.78 is 19.6. The fourth-order valence-electron chi connectivity index (χ4n) is 1.83. The molecule has 0 atom stereocenters. The summed E-state index contributed by atoms with van der Waals surface area (Å²) in [6, 6.07) is 8.61. The molecule has 0 aliphatic heterocycles. The van der Waals surface area contributed by atoms with Crippen LogP contribution in [0.25, 0.3) is 6.08 Å². The van der Waals surface area contributed by atoms with Crippen molar-refractivity contribution in [2.24, 2.45) is 5.92 Å². The van der Waals surface area contributed by atoms with Gasteiger partial charge in [0, 0.05) is 5.92 Å². The molecular formula is C13H15F2Zr. The zero-order chi connectivity index (χ0) is 12.0. The minimum atomic E-state index is -2.77. The van der Waals surface area contributed by atoms with Crippen molar-refractivity contribution in [1.29, 1.82) is 0 Å². The molecule has 16 heavy (non-hydrogen) atoms. The summed E-state index contributed by atoms with van der Waals surface area (Å²) in [6.45, 7) is 4.53. The van der Waals surface area contributed by atoms with Crippen LogP contribution in [-0.4, -0.2) is 0 Å². The van der Waals surface area contributed by atoms with Gasteiger partial charge in [0.25, 0.3) is 0 Å². The van der Waals surface area contributed by atoms with E-state index in [0.29, 0.717) is 0 Å². The molecule has 0 heterocycles. The van der Waals surface area contributed by atoms with E-state index in [-0.39, 0.29) is 0 Å². The van der Waals surface area contributed by atoms with E-state index in [2.05, 4.69) is 50.3 Å². The SMILES string of the molecule is CC(C)C[C]1C=Cc2ccccc21.[F][Zr][F]. The molecule has 1 radical (unpaired) electrons. The van der Waals surface area contributed by atoms with E-state index >= 15 is 0 Å². The zero-order valence-corrected chi connectivity index (χ0v) is 12.0. The van der Waals surface area contributed by atoms with Crippen molar-refractivity contribution < 1.29 is 29.7 Å². The van der Waals surface area contributed by atoms with Crippen molar-refractivity contribution in [2.75, 3.05) is 0 Å². The van der Waals surface area contributed by atoms with Crippen LogP contribution in [0.5, 0.6) is 0 Å². The molecule has 2 rings (SSSR count). The maximum absolute atomic E-state index is 9.80. The Kier molecular flexibility index (Phi) is 6.12. The fourth-order valence-corrected chi connectivity index (χ4v) is 1.83. The standard InChI is InChI=1S/C13H15.2FH.Zr/c1-10(2)9-12-8-7-11-5-3-4-6-13(11)12;;;/h3-8,10H,9H2,1-2H3;2*1H;/q;;;+2/p-2. The molecule has 0 unspecified atom stereocenters. The van der Waals surface area contributed by atoms with Crippen LogP contribution in [0.1, 0.15) is 31.4 Å². The van der Waals surface area contributed by atoms with E-state index in [1.807, 2.05) is 0 Å². The quantitative estimate of drug-likeness (QED) is 0.753. The first kappa shape index (κ1) is 13.8. The van der Waals surface area contributed by atoms with Gasteiger partial charge in [-0.3, -0.25) is 0 Å². The van der Waals surface area contributed by atoms with Gasteiger partial charge >= 0.3 is 29.7 Å². The van der Waals surface area contributed by atoms with Crippen LogP contribution in [-0.2, 0) is 24.5 Å². The summed E-state index contributed by atoms with van der Waals surface area (Å²) in [4.78, 5) is 0. The summed E-state index contributed by atoms with van der Waals surface area (Å²) in [5.74, 6) is 2.23. The van der Waals surface area contributed by atoms with Gasteiger partial charge in [0.2, 0.25) is 0 Å². The van der Waals surface area contributed by atoms with Gasteiger partial charge in [-0.2, -0.15) is 0 Å². The molecule has 0 nitrogen and oxygen atoms in total. The predicted molar refractivity (Wildman–Crippen MR) is 59.5 cm³/mol. The maximum atomic E-state index is 9.80. The van der Waals surface area contributed by atoms with Crippen LogP contribution in [0.2, 0.25) is 0 Å². The topological polar surface area (TPSA) is 0 Å². The third kappa shape index (κ3) is 3.94. The molecule has 0 bridgehead atoms. The number of halogens is 2. The van der Waals surface area contributed by atoms with E-state index < -0.39 is 24.5 Å². The number of hydrogen-bond donors (Lipinski definition) is 0. The number of hydrogen-bond acceptors (Lipinski definition) is 0. The Labute approximate surface area is 109 Å². The molecule has 0 saturated carbocycles. The Morgan fingerprint density at radius 1 is 1.12 bits per heavy atom. The molecule has 0 aromatic heterocycles. The fraction of sp³-hybridized carbons (Fsp3) is 0.308. The summed E-state index contributed by atoms with van der Waals surface area (Å²) in [5, 5.41) is 0. The van der Waals surface area contributed by atoms with Crippen molar-refractivity contribution in [1.82, 2.24) is 0 Å². The van der Waals surface area contributed by atoms with E-state index in [0.717, 1.165) is 5.92 Å². The minimum absolute atomic E-state index is 0.741. The molecule has 3 heteroatoms. The van der Waals surface area contributed by atoms with Crippen molar-refractivity contribution in [3.05, 3.63) is 47.4 Å². The first-order valence-electron chi connectivity index (χ1n) is 5.28. The van der Waals surface area contributed by atoms with Gasteiger partial charge in [-0.1, -0.05) is 50.3 Å². The molecule has 1 aliphatic carbocycles. The summed E-state index contributed by atoms with van der Waals surface area (Å²) in [6.07, 6.45) is 5.66. The van der Waals surface area contributed by atoms with E-state index in [1.54, 1.807) is 0 Å². The summed E-state index contributed by atoms with van der Waals surface area (Å²) in [7, 11) is 0. The third-order valence-corrected chi connectivity index (χ3v) is 2.40. The second-order valence-corrected chi connectivity index (χ2v) is 4.47. The molecule has 1 aromatic rings. The monoisotopic (exact) mass is 299 g/mol. The van der Waals surface area contributed by atoms with Gasteiger partial charge in [0.05, 0.1) is 0 Å². The number of allylic oxidation sites excluding steroid dienone is 1. The predicted octanol–water partition coefficient (Wildman–Crippen LogP) is 4.52. The summed E-state index contributed by atoms with van der Waals surface area (Å²) in [5.41, 5.74) is 2.80. The average molecular weight is 300 g/mol. The molecule has 1 aromatic carbocycles. The first-order valence-corrected chi connectivity index (χ1v) is 7.14. The van der Waals surface area contributed by atoms with Crippen LogP contribution >= 0.6 is 0 Å². The third-order valence-electron chi connectivity index (χ3n) is 2.40. The van der Waals surface area contributed by atoms with E-state index in [9.17, 15) is 5.25 Å². The van der Waals surface area contributed by atoms with Crippen LogP contribution < -0.4 is 0 Å². The van der Waals surface area contributed by atoms with E-state index in [4.69, 9.17) is 0 Å². The Morgan fingerprint density at radius 2 is 1.75 bits per heavy atom. The van der Waals surface area contributed by atoms with Gasteiger partial charge in [0.15, 0.2) is 0 Å². The van der Waals surface area contributed by atoms with Gasteiger partial charge in [-0.05, 0) is 23.5 Å². The van der Waals surface area contributed by atoms with Gasteiger partial charge in [-0.15, -0.1) is 0 Å². The van der Waals surface area contributed by atoms with E-state index in [1.165, 1.54) is 23.5 Å². The summed E-state index contributed by atoms with van der Waals surface area (Å²) >= 11 is -2.77. The Balaban J connectivity index is 0.000000386. The van der Waals surface area contributed by atoms with Gasteiger partial charge < -0.3 is 0 Å². The molecule has 0 saturated heterocycles. The second kappa shape index (κ2) is 7.11. The normalized spacial score (nSPS) is 13.3. The Bertz CT molecular complexity index is 348. The molecule has 0 spiro atoms. The van der Waals surface area contributed by atoms with Crippen molar-refractivity contribution in [3.8, 4) is 0 Å². The zero-order valence-electron chi connectivity index (χ0n) is 9.50. The van der Waals surface area contributed by atoms with Crippen LogP contribution in [0, 0.1) is 11.8 Å². The molecule has 0 N–H and O–H groups in total. The van der Waals surface area contributed by atoms with Gasteiger partial charge in [0.1, 0.15) is 0 Å². The number of rotatable bonds is 2. The van der Waals surface area contributed by atoms with Gasteiger partial charge in [-0.25, -0.2) is 0 Å². The average Bonchev–Trinajstić information content (AvgIpc) is 2.63. The Hall–Kier alpha value is -0.297. The van der Waals surface area contributed by atoms with Crippen molar-refractivity contribution in [3.63, 3.8) is 0 Å². The molecular weight excluding hydrogens is 285 g/mol. The number of fused-ring (bicyclic) bond motifs is 1. The molecule has 0 amide bonds. The second-order valence-electron chi connectivity index (χ2n) is 4.12. The van der Waals surface area contributed by atoms with Crippen LogP contribution in [0.4, 0.5) is 5.25 Å². The number of benzene rings is 1. The molecule has 1 aliphatic rings. The Morgan fingerprint density at radius 3 is 2.38 bits per heavy atom.